The highest BCUT2D eigenvalue weighted by Crippen LogP contribution is 2.30. The molecule has 0 saturated carbocycles. The maximum absolute atomic E-state index is 5.41. The molecule has 0 heterocycles. The second kappa shape index (κ2) is 3.06. The van der Waals surface area contributed by atoms with Crippen LogP contribution in [0, 0.1) is 0 Å². The van der Waals surface area contributed by atoms with Gasteiger partial charge in [-0.25, -0.2) is 0 Å². The first-order valence-electron chi connectivity index (χ1n) is 4.95. The van der Waals surface area contributed by atoms with Gasteiger partial charge < -0.3 is 11.7 Å². The van der Waals surface area contributed by atoms with Gasteiger partial charge in [0.2, 0.25) is 0 Å². The minimum atomic E-state index is 0.661. The monoisotopic (exact) mass is 210 g/mol. The zero-order chi connectivity index (χ0) is 11.1. The fraction of sp³-hybridized carbons (Fsp3) is 0. The standard InChI is InChI=1S/C12H10N4/c13-15-11-8-5-1-3-7-4-2-6-9(10(7)8)12(11)16-14/h1-6H,13-14H2. The van der Waals surface area contributed by atoms with Crippen LogP contribution in [0.3, 0.4) is 0 Å². The summed E-state index contributed by atoms with van der Waals surface area (Å²) >= 11 is 0. The molecule has 2 aromatic carbocycles. The van der Waals surface area contributed by atoms with Crippen molar-refractivity contribution in [1.82, 2.24) is 0 Å². The van der Waals surface area contributed by atoms with Crippen LogP contribution in [0.5, 0.6) is 0 Å². The lowest BCUT2D eigenvalue weighted by Crippen LogP contribution is -2.14. The summed E-state index contributed by atoms with van der Waals surface area (Å²) < 4.78 is 0. The molecule has 78 valence electrons. The normalized spacial score (nSPS) is 18.8. The van der Waals surface area contributed by atoms with Crippen LogP contribution in [0.4, 0.5) is 0 Å². The number of benzene rings is 2. The van der Waals surface area contributed by atoms with Gasteiger partial charge in [0.1, 0.15) is 11.4 Å². The molecule has 0 aliphatic heterocycles. The molecule has 0 fully saturated rings. The van der Waals surface area contributed by atoms with Crippen molar-refractivity contribution in [3.63, 3.8) is 0 Å². The summed E-state index contributed by atoms with van der Waals surface area (Å²) in [6, 6.07) is 12.0. The Bertz CT molecular complexity index is 588. The number of hydrogen-bond acceptors (Lipinski definition) is 4. The fourth-order valence-corrected chi connectivity index (χ4v) is 2.25. The highest BCUT2D eigenvalue weighted by atomic mass is 15.2. The lowest BCUT2D eigenvalue weighted by molar-refractivity contribution is 1.23. The van der Waals surface area contributed by atoms with Gasteiger partial charge in [-0.15, -0.1) is 0 Å². The number of rotatable bonds is 0. The summed E-state index contributed by atoms with van der Waals surface area (Å²) in [6.07, 6.45) is 0. The molecule has 16 heavy (non-hydrogen) atoms. The Balaban J connectivity index is 2.53. The van der Waals surface area contributed by atoms with Gasteiger partial charge in [0, 0.05) is 16.5 Å². The minimum Gasteiger partial charge on any atom is -0.323 e. The molecule has 3 rings (SSSR count). The zero-order valence-corrected chi connectivity index (χ0v) is 8.51. The van der Waals surface area contributed by atoms with Gasteiger partial charge in [0.05, 0.1) is 0 Å². The lowest BCUT2D eigenvalue weighted by atomic mass is 10.1. The van der Waals surface area contributed by atoms with Crippen LogP contribution in [0.25, 0.3) is 10.8 Å². The first-order chi connectivity index (χ1) is 7.86. The van der Waals surface area contributed by atoms with E-state index in [1.807, 2.05) is 24.3 Å². The van der Waals surface area contributed by atoms with Crippen molar-refractivity contribution in [2.24, 2.45) is 21.9 Å². The first-order valence-corrected chi connectivity index (χ1v) is 4.95. The Morgan fingerprint density at radius 2 is 1.25 bits per heavy atom. The van der Waals surface area contributed by atoms with E-state index in [-0.39, 0.29) is 0 Å². The van der Waals surface area contributed by atoms with Gasteiger partial charge in [0.25, 0.3) is 0 Å². The van der Waals surface area contributed by atoms with E-state index in [0.29, 0.717) is 11.4 Å². The van der Waals surface area contributed by atoms with E-state index in [2.05, 4.69) is 22.3 Å². The summed E-state index contributed by atoms with van der Waals surface area (Å²) in [7, 11) is 0. The van der Waals surface area contributed by atoms with Crippen molar-refractivity contribution in [2.75, 3.05) is 0 Å². The smallest absolute Gasteiger partial charge is 0.119 e. The number of hydrogen-bond donors (Lipinski definition) is 2. The summed E-state index contributed by atoms with van der Waals surface area (Å²) in [6.45, 7) is 0. The van der Waals surface area contributed by atoms with Crippen LogP contribution in [0.15, 0.2) is 46.6 Å². The van der Waals surface area contributed by atoms with Crippen LogP contribution in [0.2, 0.25) is 0 Å². The van der Waals surface area contributed by atoms with E-state index in [9.17, 15) is 0 Å². The molecule has 0 amide bonds. The summed E-state index contributed by atoms with van der Waals surface area (Å²) in [5, 5.41) is 9.84. The third-order valence-corrected chi connectivity index (χ3v) is 2.90. The highest BCUT2D eigenvalue weighted by Gasteiger charge is 2.26. The summed E-state index contributed by atoms with van der Waals surface area (Å²) in [5.41, 5.74) is 3.32. The maximum atomic E-state index is 5.41. The fourth-order valence-electron chi connectivity index (χ4n) is 2.25. The molecule has 1 aliphatic carbocycles. The molecule has 0 saturated heterocycles. The van der Waals surface area contributed by atoms with E-state index in [1.165, 1.54) is 0 Å². The van der Waals surface area contributed by atoms with Crippen LogP contribution < -0.4 is 11.7 Å². The van der Waals surface area contributed by atoms with Gasteiger partial charge in [-0.3, -0.25) is 0 Å². The van der Waals surface area contributed by atoms with E-state index in [0.717, 1.165) is 21.9 Å². The molecule has 4 heteroatoms. The molecule has 0 radical (unpaired) electrons. The third-order valence-electron chi connectivity index (χ3n) is 2.90. The average molecular weight is 210 g/mol. The predicted molar refractivity (Wildman–Crippen MR) is 65.4 cm³/mol. The van der Waals surface area contributed by atoms with E-state index in [4.69, 9.17) is 11.7 Å². The van der Waals surface area contributed by atoms with Crippen molar-refractivity contribution >= 4 is 22.2 Å². The predicted octanol–water partition coefficient (Wildman–Crippen LogP) is 1.18. The SMILES string of the molecule is NN=C1C(=NN)c2cccc3cccc1c23. The zero-order valence-electron chi connectivity index (χ0n) is 8.51. The van der Waals surface area contributed by atoms with Gasteiger partial charge in [0.15, 0.2) is 0 Å². The highest BCUT2D eigenvalue weighted by molar-refractivity contribution is 6.60. The molecular formula is C12H10N4. The Kier molecular flexibility index (Phi) is 1.71. The quantitative estimate of drug-likeness (QED) is 0.506. The Morgan fingerprint density at radius 1 is 0.750 bits per heavy atom. The second-order valence-electron chi connectivity index (χ2n) is 3.66. The van der Waals surface area contributed by atoms with Crippen molar-refractivity contribution in [3.05, 3.63) is 47.5 Å². The maximum Gasteiger partial charge on any atom is 0.119 e. The van der Waals surface area contributed by atoms with Crippen molar-refractivity contribution in [2.45, 2.75) is 0 Å². The van der Waals surface area contributed by atoms with Crippen molar-refractivity contribution in [3.8, 4) is 0 Å². The topological polar surface area (TPSA) is 76.8 Å². The van der Waals surface area contributed by atoms with Crippen LogP contribution >= 0.6 is 0 Å². The molecular weight excluding hydrogens is 200 g/mol. The van der Waals surface area contributed by atoms with Gasteiger partial charge in [-0.2, -0.15) is 10.2 Å². The van der Waals surface area contributed by atoms with Gasteiger partial charge >= 0.3 is 0 Å². The van der Waals surface area contributed by atoms with Crippen molar-refractivity contribution in [1.29, 1.82) is 0 Å². The molecule has 1 aliphatic rings. The lowest BCUT2D eigenvalue weighted by Gasteiger charge is -1.98. The molecule has 2 aromatic rings. The Labute approximate surface area is 92.2 Å². The second-order valence-corrected chi connectivity index (χ2v) is 3.66. The minimum absolute atomic E-state index is 0.661. The van der Waals surface area contributed by atoms with E-state index < -0.39 is 0 Å². The van der Waals surface area contributed by atoms with Crippen LogP contribution in [0.1, 0.15) is 11.1 Å². The molecule has 4 N–H and O–H groups in total. The third kappa shape index (κ3) is 0.930. The van der Waals surface area contributed by atoms with E-state index in [1.54, 1.807) is 0 Å². The van der Waals surface area contributed by atoms with E-state index >= 15 is 0 Å². The largest absolute Gasteiger partial charge is 0.323 e. The number of nitrogens with zero attached hydrogens (tertiary/aromatic N) is 2. The molecule has 0 aromatic heterocycles. The Morgan fingerprint density at radius 3 is 1.69 bits per heavy atom. The van der Waals surface area contributed by atoms with Crippen LogP contribution in [-0.2, 0) is 0 Å². The molecule has 0 atom stereocenters. The average Bonchev–Trinajstić information content (AvgIpc) is 2.65. The summed E-state index contributed by atoms with van der Waals surface area (Å²) in [5.74, 6) is 10.8. The van der Waals surface area contributed by atoms with Crippen LogP contribution in [-0.4, -0.2) is 11.4 Å². The van der Waals surface area contributed by atoms with Gasteiger partial charge in [-0.1, -0.05) is 36.4 Å². The molecule has 0 unspecified atom stereocenters. The summed E-state index contributed by atoms with van der Waals surface area (Å²) in [4.78, 5) is 0. The molecule has 0 bridgehead atoms. The molecule has 0 spiro atoms. The van der Waals surface area contributed by atoms with Gasteiger partial charge in [-0.05, 0) is 5.39 Å². The Hall–Kier alpha value is -2.36. The number of nitrogens with two attached hydrogens (primary N) is 2. The molecule has 4 nitrogen and oxygen atoms in total. The van der Waals surface area contributed by atoms with Crippen molar-refractivity contribution < 1.29 is 0 Å². The number of hydrazone groups is 2. The first kappa shape index (κ1) is 8.91.